The van der Waals surface area contributed by atoms with Crippen molar-refractivity contribution in [2.45, 2.75) is 102 Å². The number of aliphatic hydroxyl groups excluding tert-OH is 1. The van der Waals surface area contributed by atoms with Crippen molar-refractivity contribution in [1.82, 2.24) is 0 Å². The first-order valence-electron chi connectivity index (χ1n) is 8.88. The van der Waals surface area contributed by atoms with Gasteiger partial charge >= 0.3 is 0 Å². The van der Waals surface area contributed by atoms with E-state index in [1.165, 1.54) is 44.9 Å². The molecule has 0 aromatic carbocycles. The lowest BCUT2D eigenvalue weighted by Crippen LogP contribution is -2.46. The molecule has 2 fully saturated rings. The van der Waals surface area contributed by atoms with Gasteiger partial charge in [0.1, 0.15) is 12.2 Å². The van der Waals surface area contributed by atoms with Gasteiger partial charge in [-0.1, -0.05) is 57.9 Å². The molecule has 2 aliphatic heterocycles. The van der Waals surface area contributed by atoms with Gasteiger partial charge in [-0.25, -0.2) is 0 Å². The second-order valence-electron chi connectivity index (χ2n) is 6.60. The molecule has 0 spiro atoms. The van der Waals surface area contributed by atoms with E-state index >= 15 is 0 Å². The Morgan fingerprint density at radius 1 is 1.05 bits per heavy atom. The third-order valence-electron chi connectivity index (χ3n) is 4.90. The fourth-order valence-corrected chi connectivity index (χ4v) is 3.57. The Kier molecular flexibility index (Phi) is 6.72. The fraction of sp³-hybridized carbons (Fsp3) is 0.889. The zero-order valence-electron chi connectivity index (χ0n) is 13.6. The first-order chi connectivity index (χ1) is 10.2. The molecule has 0 radical (unpaired) electrons. The highest BCUT2D eigenvalue weighted by molar-refractivity contribution is 5.01. The van der Waals surface area contributed by atoms with Crippen LogP contribution in [0.25, 0.3) is 0 Å². The number of fused-ring (bicyclic) bond motifs is 2. The van der Waals surface area contributed by atoms with Gasteiger partial charge in [-0.3, -0.25) is 0 Å². The van der Waals surface area contributed by atoms with Crippen molar-refractivity contribution in [3.63, 3.8) is 0 Å². The molecular formula is C18H32O3. The minimum Gasteiger partial charge on any atom is -0.388 e. The largest absolute Gasteiger partial charge is 0.388 e. The molecule has 0 amide bonds. The van der Waals surface area contributed by atoms with Crippen LogP contribution in [0.4, 0.5) is 0 Å². The van der Waals surface area contributed by atoms with Crippen molar-refractivity contribution in [2.75, 3.05) is 0 Å². The lowest BCUT2D eigenvalue weighted by Gasteiger charge is -2.36. The molecule has 4 atom stereocenters. The maximum Gasteiger partial charge on any atom is 0.195 e. The van der Waals surface area contributed by atoms with Crippen molar-refractivity contribution in [2.24, 2.45) is 0 Å². The Morgan fingerprint density at radius 3 is 2.38 bits per heavy atom. The summed E-state index contributed by atoms with van der Waals surface area (Å²) in [6, 6.07) is 0. The van der Waals surface area contributed by atoms with Gasteiger partial charge in [0.2, 0.25) is 0 Å². The molecule has 3 nitrogen and oxygen atoms in total. The standard InChI is InChI=1S/C18H32O3/c1-3-5-6-7-8-9-10-11-14-18-17(19)13-12-16(21-18)15(4-2)20-18/h4,15-17,19H,2-3,5-14H2,1H3/t15-,16-,17+,18+/m0/s1. The summed E-state index contributed by atoms with van der Waals surface area (Å²) in [6.45, 7) is 6.07. The molecule has 2 bridgehead atoms. The molecular weight excluding hydrogens is 264 g/mol. The third-order valence-corrected chi connectivity index (χ3v) is 4.90. The van der Waals surface area contributed by atoms with E-state index in [2.05, 4.69) is 13.5 Å². The van der Waals surface area contributed by atoms with Crippen LogP contribution in [0.5, 0.6) is 0 Å². The smallest absolute Gasteiger partial charge is 0.195 e. The number of ether oxygens (including phenoxy) is 2. The topological polar surface area (TPSA) is 38.7 Å². The van der Waals surface area contributed by atoms with Crippen molar-refractivity contribution >= 4 is 0 Å². The minimum atomic E-state index is -0.746. The van der Waals surface area contributed by atoms with Crippen LogP contribution < -0.4 is 0 Å². The molecule has 0 unspecified atom stereocenters. The number of rotatable bonds is 10. The van der Waals surface area contributed by atoms with Crippen LogP contribution in [0.15, 0.2) is 12.7 Å². The van der Waals surface area contributed by atoms with Crippen molar-refractivity contribution < 1.29 is 14.6 Å². The number of hydrogen-bond acceptors (Lipinski definition) is 3. The van der Waals surface area contributed by atoms with E-state index in [1.807, 2.05) is 6.08 Å². The Bertz CT molecular complexity index is 318. The summed E-state index contributed by atoms with van der Waals surface area (Å²) in [4.78, 5) is 0. The molecule has 2 saturated heterocycles. The van der Waals surface area contributed by atoms with Crippen molar-refractivity contribution in [3.8, 4) is 0 Å². The van der Waals surface area contributed by atoms with Crippen LogP contribution in [0.3, 0.4) is 0 Å². The molecule has 0 aromatic rings. The molecule has 0 aliphatic carbocycles. The van der Waals surface area contributed by atoms with E-state index in [4.69, 9.17) is 9.47 Å². The summed E-state index contributed by atoms with van der Waals surface area (Å²) in [5.41, 5.74) is 0. The van der Waals surface area contributed by atoms with Crippen LogP contribution in [-0.2, 0) is 9.47 Å². The second kappa shape index (κ2) is 8.30. The van der Waals surface area contributed by atoms with Gasteiger partial charge in [0.15, 0.2) is 5.79 Å². The van der Waals surface area contributed by atoms with E-state index in [1.54, 1.807) is 0 Å². The van der Waals surface area contributed by atoms with E-state index < -0.39 is 11.9 Å². The Hall–Kier alpha value is -0.380. The maximum atomic E-state index is 10.3. The molecule has 1 N–H and O–H groups in total. The van der Waals surface area contributed by atoms with E-state index in [-0.39, 0.29) is 12.2 Å². The van der Waals surface area contributed by atoms with Gasteiger partial charge in [-0.15, -0.1) is 6.58 Å². The summed E-state index contributed by atoms with van der Waals surface area (Å²) in [6.07, 6.45) is 14.1. The van der Waals surface area contributed by atoms with Gasteiger partial charge < -0.3 is 14.6 Å². The Morgan fingerprint density at radius 2 is 1.71 bits per heavy atom. The van der Waals surface area contributed by atoms with Crippen LogP contribution in [-0.4, -0.2) is 29.2 Å². The van der Waals surface area contributed by atoms with Gasteiger partial charge in [0, 0.05) is 6.42 Å². The summed E-state index contributed by atoms with van der Waals surface area (Å²) < 4.78 is 12.0. The molecule has 2 rings (SSSR count). The molecule has 122 valence electrons. The zero-order valence-corrected chi connectivity index (χ0v) is 13.6. The number of hydrogen-bond donors (Lipinski definition) is 1. The van der Waals surface area contributed by atoms with Crippen LogP contribution in [0, 0.1) is 0 Å². The quantitative estimate of drug-likeness (QED) is 0.481. The normalized spacial score (nSPS) is 35.0. The van der Waals surface area contributed by atoms with E-state index in [0.29, 0.717) is 0 Å². The summed E-state index contributed by atoms with van der Waals surface area (Å²) in [5.74, 6) is -0.746. The molecule has 3 heteroatoms. The summed E-state index contributed by atoms with van der Waals surface area (Å²) in [7, 11) is 0. The number of aliphatic hydroxyl groups is 1. The lowest BCUT2D eigenvalue weighted by molar-refractivity contribution is -0.252. The summed E-state index contributed by atoms with van der Waals surface area (Å²) in [5, 5.41) is 10.3. The predicted octanol–water partition coefficient (Wildman–Crippen LogP) is 4.34. The predicted molar refractivity (Wildman–Crippen MR) is 85.1 cm³/mol. The highest BCUT2D eigenvalue weighted by Gasteiger charge is 2.54. The highest BCUT2D eigenvalue weighted by atomic mass is 16.8. The molecule has 2 heterocycles. The number of unbranched alkanes of at least 4 members (excludes halogenated alkanes) is 7. The van der Waals surface area contributed by atoms with Crippen LogP contribution in [0.2, 0.25) is 0 Å². The van der Waals surface area contributed by atoms with Gasteiger partial charge in [0.05, 0.1) is 6.10 Å². The first-order valence-corrected chi connectivity index (χ1v) is 8.88. The van der Waals surface area contributed by atoms with Crippen LogP contribution in [0.1, 0.15) is 77.6 Å². The highest BCUT2D eigenvalue weighted by Crippen LogP contribution is 2.43. The Balaban J connectivity index is 1.66. The van der Waals surface area contributed by atoms with Gasteiger partial charge in [0.25, 0.3) is 0 Å². The molecule has 2 aliphatic rings. The maximum absolute atomic E-state index is 10.3. The van der Waals surface area contributed by atoms with E-state index in [0.717, 1.165) is 25.7 Å². The molecule has 0 aromatic heterocycles. The average molecular weight is 296 g/mol. The second-order valence-corrected chi connectivity index (χ2v) is 6.60. The minimum absolute atomic E-state index is 0.0452. The Labute approximate surface area is 129 Å². The summed E-state index contributed by atoms with van der Waals surface area (Å²) >= 11 is 0. The van der Waals surface area contributed by atoms with Crippen molar-refractivity contribution in [3.05, 3.63) is 12.7 Å². The van der Waals surface area contributed by atoms with Gasteiger partial charge in [-0.05, 0) is 19.3 Å². The molecule has 0 saturated carbocycles. The van der Waals surface area contributed by atoms with E-state index in [9.17, 15) is 5.11 Å². The monoisotopic (exact) mass is 296 g/mol. The average Bonchev–Trinajstić information content (AvgIpc) is 2.81. The fourth-order valence-electron chi connectivity index (χ4n) is 3.57. The van der Waals surface area contributed by atoms with Crippen molar-refractivity contribution in [1.29, 1.82) is 0 Å². The van der Waals surface area contributed by atoms with Gasteiger partial charge in [-0.2, -0.15) is 0 Å². The van der Waals surface area contributed by atoms with Crippen LogP contribution >= 0.6 is 0 Å². The zero-order chi connectivity index (χ0) is 15.1. The SMILES string of the molecule is C=C[C@@H]1O[C@]2(CCCCCCCCCC)O[C@H]1CC[C@H]2O. The first kappa shape index (κ1) is 17.0. The third kappa shape index (κ3) is 4.30. The lowest BCUT2D eigenvalue weighted by atomic mass is 9.94. The molecule has 21 heavy (non-hydrogen) atoms.